The summed E-state index contributed by atoms with van der Waals surface area (Å²) in [6, 6.07) is 18.3. The van der Waals surface area contributed by atoms with Gasteiger partial charge < -0.3 is 19.4 Å². The third-order valence-corrected chi connectivity index (χ3v) is 4.30. The highest BCUT2D eigenvalue weighted by molar-refractivity contribution is 5.92. The van der Waals surface area contributed by atoms with E-state index < -0.39 is 0 Å². The molecule has 6 nitrogen and oxygen atoms in total. The summed E-state index contributed by atoms with van der Waals surface area (Å²) in [7, 11) is 3.28. The van der Waals surface area contributed by atoms with Gasteiger partial charge in [-0.05, 0) is 11.6 Å². The first kappa shape index (κ1) is 19.2. The van der Waals surface area contributed by atoms with E-state index in [-0.39, 0.29) is 29.4 Å². The van der Waals surface area contributed by atoms with Crippen LogP contribution in [0.25, 0.3) is 0 Å². The Labute approximate surface area is 163 Å². The van der Waals surface area contributed by atoms with E-state index in [1.165, 1.54) is 12.3 Å². The van der Waals surface area contributed by atoms with Crippen LogP contribution in [0.3, 0.4) is 0 Å². The lowest BCUT2D eigenvalue weighted by atomic mass is 10.2. The van der Waals surface area contributed by atoms with Gasteiger partial charge >= 0.3 is 0 Å². The van der Waals surface area contributed by atoms with Gasteiger partial charge in [0.2, 0.25) is 5.43 Å². The number of carbonyl (C=O) groups excluding carboxylic acids is 1. The Morgan fingerprint density at radius 1 is 1.04 bits per heavy atom. The second-order valence-electron chi connectivity index (χ2n) is 6.27. The molecule has 0 atom stereocenters. The maximum atomic E-state index is 12.5. The molecule has 3 rings (SSSR count). The molecular formula is C22H22N2O4. The van der Waals surface area contributed by atoms with Crippen molar-refractivity contribution in [2.75, 3.05) is 7.11 Å². The summed E-state index contributed by atoms with van der Waals surface area (Å²) in [4.78, 5) is 24.9. The van der Waals surface area contributed by atoms with Crippen LogP contribution in [0.5, 0.6) is 11.5 Å². The van der Waals surface area contributed by atoms with E-state index in [0.717, 1.165) is 11.1 Å². The Morgan fingerprint density at radius 3 is 2.50 bits per heavy atom. The highest BCUT2D eigenvalue weighted by Crippen LogP contribution is 2.17. The molecule has 1 amide bonds. The molecule has 2 aromatic carbocycles. The standard InChI is InChI=1S/C22H22N2O4/c1-24-14-21(28-15-16-8-4-3-5-9-16)19(25)12-18(24)22(26)23-13-17-10-6-7-11-20(17)27-2/h3-12,14H,13,15H2,1-2H3,(H,23,26). The Balaban J connectivity index is 1.69. The van der Waals surface area contributed by atoms with E-state index in [1.807, 2.05) is 54.6 Å². The van der Waals surface area contributed by atoms with Gasteiger partial charge in [-0.25, -0.2) is 0 Å². The smallest absolute Gasteiger partial charge is 0.268 e. The third kappa shape index (κ3) is 4.59. The van der Waals surface area contributed by atoms with Gasteiger partial charge in [-0.1, -0.05) is 48.5 Å². The fourth-order valence-corrected chi connectivity index (χ4v) is 2.79. The lowest BCUT2D eigenvalue weighted by Crippen LogP contribution is -2.28. The maximum absolute atomic E-state index is 12.5. The molecule has 0 aliphatic heterocycles. The van der Waals surface area contributed by atoms with Crippen molar-refractivity contribution in [3.63, 3.8) is 0 Å². The number of rotatable bonds is 7. The molecule has 3 aromatic rings. The van der Waals surface area contributed by atoms with Crippen LogP contribution in [0, 0.1) is 0 Å². The number of carbonyl (C=O) groups is 1. The van der Waals surface area contributed by atoms with Crippen molar-refractivity contribution in [2.45, 2.75) is 13.2 Å². The number of ether oxygens (including phenoxy) is 2. The highest BCUT2D eigenvalue weighted by Gasteiger charge is 2.13. The number of aryl methyl sites for hydroxylation is 1. The number of para-hydroxylation sites is 1. The van der Waals surface area contributed by atoms with Gasteiger partial charge in [0.05, 0.1) is 13.3 Å². The van der Waals surface area contributed by atoms with Crippen LogP contribution < -0.4 is 20.2 Å². The van der Waals surface area contributed by atoms with Crippen LogP contribution in [0.4, 0.5) is 0 Å². The van der Waals surface area contributed by atoms with E-state index in [0.29, 0.717) is 12.3 Å². The monoisotopic (exact) mass is 378 g/mol. The van der Waals surface area contributed by atoms with Crippen molar-refractivity contribution in [3.8, 4) is 11.5 Å². The molecule has 0 aliphatic rings. The van der Waals surface area contributed by atoms with Crippen LogP contribution in [0.1, 0.15) is 21.6 Å². The van der Waals surface area contributed by atoms with Crippen molar-refractivity contribution >= 4 is 5.91 Å². The van der Waals surface area contributed by atoms with Crippen LogP contribution in [0.2, 0.25) is 0 Å². The fourth-order valence-electron chi connectivity index (χ4n) is 2.79. The molecule has 0 bridgehead atoms. The predicted octanol–water partition coefficient (Wildman–Crippen LogP) is 2.90. The van der Waals surface area contributed by atoms with Crippen LogP contribution in [0.15, 0.2) is 71.7 Å². The predicted molar refractivity (Wildman–Crippen MR) is 107 cm³/mol. The molecule has 1 aromatic heterocycles. The third-order valence-electron chi connectivity index (χ3n) is 4.30. The summed E-state index contributed by atoms with van der Waals surface area (Å²) < 4.78 is 12.5. The number of benzene rings is 2. The van der Waals surface area contributed by atoms with Gasteiger partial charge in [0.25, 0.3) is 5.91 Å². The molecule has 1 heterocycles. The zero-order chi connectivity index (χ0) is 19.9. The summed E-state index contributed by atoms with van der Waals surface area (Å²) >= 11 is 0. The van der Waals surface area contributed by atoms with Crippen LogP contribution in [-0.4, -0.2) is 17.6 Å². The summed E-state index contributed by atoms with van der Waals surface area (Å²) in [6.07, 6.45) is 1.53. The number of amides is 1. The quantitative estimate of drug-likeness (QED) is 0.686. The minimum atomic E-state index is -0.347. The first-order valence-electron chi connectivity index (χ1n) is 8.86. The summed E-state index contributed by atoms with van der Waals surface area (Å²) in [5, 5.41) is 2.82. The summed E-state index contributed by atoms with van der Waals surface area (Å²) in [6.45, 7) is 0.582. The van der Waals surface area contributed by atoms with E-state index in [9.17, 15) is 9.59 Å². The Hall–Kier alpha value is -3.54. The Kier molecular flexibility index (Phi) is 6.11. The zero-order valence-electron chi connectivity index (χ0n) is 15.8. The number of methoxy groups -OCH3 is 1. The van der Waals surface area contributed by atoms with Crippen LogP contribution >= 0.6 is 0 Å². The lowest BCUT2D eigenvalue weighted by Gasteiger charge is -2.13. The number of aromatic nitrogens is 1. The molecule has 1 N–H and O–H groups in total. The van der Waals surface area contributed by atoms with Crippen molar-refractivity contribution in [2.24, 2.45) is 7.05 Å². The van der Waals surface area contributed by atoms with Crippen LogP contribution in [-0.2, 0) is 20.2 Å². The summed E-state index contributed by atoms with van der Waals surface area (Å²) in [5.74, 6) is 0.550. The average molecular weight is 378 g/mol. The SMILES string of the molecule is COc1ccccc1CNC(=O)c1cc(=O)c(OCc2ccccc2)cn1C. The van der Waals surface area contributed by atoms with E-state index >= 15 is 0 Å². The summed E-state index contributed by atoms with van der Waals surface area (Å²) in [5.41, 5.74) is 1.73. The van der Waals surface area contributed by atoms with E-state index in [4.69, 9.17) is 9.47 Å². The highest BCUT2D eigenvalue weighted by atomic mass is 16.5. The minimum Gasteiger partial charge on any atom is -0.496 e. The number of nitrogens with one attached hydrogen (secondary N) is 1. The number of nitrogens with zero attached hydrogens (tertiary/aromatic N) is 1. The molecule has 0 radical (unpaired) electrons. The van der Waals surface area contributed by atoms with E-state index in [2.05, 4.69) is 5.32 Å². The molecule has 6 heteroatoms. The van der Waals surface area contributed by atoms with Gasteiger partial charge in [-0.3, -0.25) is 9.59 Å². The number of hydrogen-bond acceptors (Lipinski definition) is 4. The molecule has 0 saturated carbocycles. The molecule has 0 saturated heterocycles. The second-order valence-corrected chi connectivity index (χ2v) is 6.27. The van der Waals surface area contributed by atoms with Crippen molar-refractivity contribution in [3.05, 3.63) is 93.9 Å². The minimum absolute atomic E-state index is 0.202. The fraction of sp³-hybridized carbons (Fsp3) is 0.182. The van der Waals surface area contributed by atoms with Crippen molar-refractivity contribution in [1.29, 1.82) is 0 Å². The molecule has 144 valence electrons. The van der Waals surface area contributed by atoms with E-state index in [1.54, 1.807) is 18.7 Å². The van der Waals surface area contributed by atoms with Crippen molar-refractivity contribution in [1.82, 2.24) is 9.88 Å². The topological polar surface area (TPSA) is 69.6 Å². The van der Waals surface area contributed by atoms with Gasteiger partial charge in [-0.2, -0.15) is 0 Å². The average Bonchev–Trinajstić information content (AvgIpc) is 2.73. The molecule has 0 spiro atoms. The van der Waals surface area contributed by atoms with Gasteiger partial charge in [-0.15, -0.1) is 0 Å². The Morgan fingerprint density at radius 2 is 1.75 bits per heavy atom. The first-order chi connectivity index (χ1) is 13.6. The van der Waals surface area contributed by atoms with Gasteiger partial charge in [0.1, 0.15) is 18.1 Å². The molecule has 0 unspecified atom stereocenters. The Bertz CT molecular complexity index is 1010. The number of pyridine rings is 1. The van der Waals surface area contributed by atoms with Gasteiger partial charge in [0, 0.05) is 25.2 Å². The normalized spacial score (nSPS) is 10.4. The molecule has 28 heavy (non-hydrogen) atoms. The maximum Gasteiger partial charge on any atom is 0.268 e. The zero-order valence-corrected chi connectivity index (χ0v) is 15.8. The van der Waals surface area contributed by atoms with Gasteiger partial charge in [0.15, 0.2) is 5.75 Å². The molecule has 0 aliphatic carbocycles. The lowest BCUT2D eigenvalue weighted by molar-refractivity contribution is 0.0941. The molecular weight excluding hydrogens is 356 g/mol. The first-order valence-corrected chi connectivity index (χ1v) is 8.86. The molecule has 0 fully saturated rings. The second kappa shape index (κ2) is 8.90. The van der Waals surface area contributed by atoms with Crippen molar-refractivity contribution < 1.29 is 14.3 Å². The largest absolute Gasteiger partial charge is 0.496 e. The number of hydrogen-bond donors (Lipinski definition) is 1.